The highest BCUT2D eigenvalue weighted by Gasteiger charge is 2.55. The summed E-state index contributed by atoms with van der Waals surface area (Å²) in [5.74, 6) is 3.02. The van der Waals surface area contributed by atoms with Crippen LogP contribution < -0.4 is 5.32 Å². The summed E-state index contributed by atoms with van der Waals surface area (Å²) in [7, 11) is 0. The van der Waals surface area contributed by atoms with Crippen molar-refractivity contribution in [1.29, 1.82) is 0 Å². The Balaban J connectivity index is 1.62. The van der Waals surface area contributed by atoms with Gasteiger partial charge in [-0.15, -0.1) is 11.3 Å². The summed E-state index contributed by atoms with van der Waals surface area (Å²) in [4.78, 5) is 1.44. The number of nitrogens with one attached hydrogen (secondary N) is 1. The van der Waals surface area contributed by atoms with E-state index in [1.54, 1.807) is 11.3 Å². The van der Waals surface area contributed by atoms with Crippen LogP contribution in [-0.2, 0) is 6.42 Å². The number of rotatable bonds is 6. The van der Waals surface area contributed by atoms with Gasteiger partial charge in [0.2, 0.25) is 0 Å². The Morgan fingerprint density at radius 1 is 1.39 bits per heavy atom. The first kappa shape index (κ1) is 13.0. The summed E-state index contributed by atoms with van der Waals surface area (Å²) in [6.45, 7) is 3.40. The maximum atomic E-state index is 6.04. The lowest BCUT2D eigenvalue weighted by molar-refractivity contribution is 0.405. The van der Waals surface area contributed by atoms with Crippen LogP contribution in [0.4, 0.5) is 0 Å². The fraction of sp³-hybridized carbons (Fsp3) is 0.733. The quantitative estimate of drug-likeness (QED) is 0.818. The number of hydrogen-bond donors (Lipinski definition) is 1. The van der Waals surface area contributed by atoms with E-state index in [2.05, 4.69) is 18.3 Å². The fourth-order valence-electron chi connectivity index (χ4n) is 3.83. The Bertz CT molecular complexity index is 393. The minimum absolute atomic E-state index is 0.690. The van der Waals surface area contributed by atoms with E-state index >= 15 is 0 Å². The molecule has 18 heavy (non-hydrogen) atoms. The molecule has 1 nitrogen and oxygen atoms in total. The van der Waals surface area contributed by atoms with Crippen LogP contribution in [0.25, 0.3) is 0 Å². The van der Waals surface area contributed by atoms with E-state index < -0.39 is 0 Å². The van der Waals surface area contributed by atoms with E-state index in [0.717, 1.165) is 28.6 Å². The van der Waals surface area contributed by atoms with Gasteiger partial charge in [-0.2, -0.15) is 0 Å². The summed E-state index contributed by atoms with van der Waals surface area (Å²) in [5, 5.41) is 3.78. The average molecular weight is 284 g/mol. The van der Waals surface area contributed by atoms with Crippen LogP contribution in [0.1, 0.15) is 37.5 Å². The van der Waals surface area contributed by atoms with Crippen LogP contribution in [-0.4, -0.2) is 12.6 Å². The average Bonchev–Trinajstić information content (AvgIpc) is 2.74. The Labute approximate surface area is 119 Å². The molecule has 3 unspecified atom stereocenters. The zero-order chi connectivity index (χ0) is 12.5. The predicted molar refractivity (Wildman–Crippen MR) is 79.4 cm³/mol. The van der Waals surface area contributed by atoms with Crippen molar-refractivity contribution in [2.45, 2.75) is 45.1 Å². The van der Waals surface area contributed by atoms with Crippen molar-refractivity contribution in [2.75, 3.05) is 6.54 Å². The van der Waals surface area contributed by atoms with Gasteiger partial charge < -0.3 is 5.32 Å². The molecule has 0 saturated heterocycles. The van der Waals surface area contributed by atoms with Crippen LogP contribution in [0.5, 0.6) is 0 Å². The van der Waals surface area contributed by atoms with Crippen molar-refractivity contribution in [3.05, 3.63) is 21.3 Å². The van der Waals surface area contributed by atoms with Crippen molar-refractivity contribution in [2.24, 2.45) is 17.8 Å². The summed E-state index contributed by atoms with van der Waals surface area (Å²) >= 11 is 7.79. The van der Waals surface area contributed by atoms with E-state index in [9.17, 15) is 0 Å². The first-order chi connectivity index (χ1) is 8.79. The first-order valence-electron chi connectivity index (χ1n) is 7.27. The molecule has 0 radical (unpaired) electrons. The molecule has 3 rings (SSSR count). The molecule has 0 spiro atoms. The molecule has 3 heteroatoms. The topological polar surface area (TPSA) is 12.0 Å². The Morgan fingerprint density at radius 3 is 2.78 bits per heavy atom. The third kappa shape index (κ3) is 2.61. The lowest BCUT2D eigenvalue weighted by Crippen LogP contribution is -2.35. The van der Waals surface area contributed by atoms with E-state index in [-0.39, 0.29) is 0 Å². The lowest BCUT2D eigenvalue weighted by Gasteiger charge is -2.19. The number of thiophene rings is 1. The Morgan fingerprint density at radius 2 is 2.17 bits per heavy atom. The second-order valence-electron chi connectivity index (χ2n) is 5.81. The molecule has 2 saturated carbocycles. The number of halogens is 1. The summed E-state index contributed by atoms with van der Waals surface area (Å²) in [6, 6.07) is 4.92. The van der Waals surface area contributed by atoms with Crippen LogP contribution in [0.2, 0.25) is 4.34 Å². The fourth-order valence-corrected chi connectivity index (χ4v) is 4.97. The van der Waals surface area contributed by atoms with Crippen LogP contribution in [0.15, 0.2) is 12.1 Å². The highest BCUT2D eigenvalue weighted by molar-refractivity contribution is 7.16. The molecule has 2 aliphatic rings. The molecule has 2 aliphatic carbocycles. The van der Waals surface area contributed by atoms with Crippen molar-refractivity contribution in [3.8, 4) is 0 Å². The van der Waals surface area contributed by atoms with Crippen molar-refractivity contribution in [1.82, 2.24) is 5.32 Å². The van der Waals surface area contributed by atoms with Gasteiger partial charge in [0, 0.05) is 10.9 Å². The SMILES string of the molecule is CCCNC(Cc1ccc(Cl)s1)C1C2CCCC21. The predicted octanol–water partition coefficient (Wildman–Crippen LogP) is 4.36. The largest absolute Gasteiger partial charge is 0.313 e. The molecule has 0 aromatic carbocycles. The Kier molecular flexibility index (Phi) is 3.97. The molecule has 0 bridgehead atoms. The van der Waals surface area contributed by atoms with Crippen LogP contribution >= 0.6 is 22.9 Å². The highest BCUT2D eigenvalue weighted by Crippen LogP contribution is 2.59. The zero-order valence-electron chi connectivity index (χ0n) is 11.0. The number of fused-ring (bicyclic) bond motifs is 1. The molecule has 1 N–H and O–H groups in total. The molecule has 100 valence electrons. The van der Waals surface area contributed by atoms with Gasteiger partial charge in [-0.3, -0.25) is 0 Å². The van der Waals surface area contributed by atoms with Gasteiger partial charge in [-0.1, -0.05) is 24.9 Å². The maximum Gasteiger partial charge on any atom is 0.0931 e. The van der Waals surface area contributed by atoms with Gasteiger partial charge in [-0.25, -0.2) is 0 Å². The second-order valence-corrected chi connectivity index (χ2v) is 7.61. The molecular weight excluding hydrogens is 262 g/mol. The third-order valence-corrected chi connectivity index (χ3v) is 5.90. The molecule has 1 heterocycles. The van der Waals surface area contributed by atoms with Crippen LogP contribution in [0.3, 0.4) is 0 Å². The lowest BCUT2D eigenvalue weighted by atomic mass is 10.0. The van der Waals surface area contributed by atoms with Crippen molar-refractivity contribution < 1.29 is 0 Å². The first-order valence-corrected chi connectivity index (χ1v) is 8.46. The zero-order valence-corrected chi connectivity index (χ0v) is 12.6. The van der Waals surface area contributed by atoms with Gasteiger partial charge in [-0.05, 0) is 62.1 Å². The van der Waals surface area contributed by atoms with E-state index in [4.69, 9.17) is 11.6 Å². The molecule has 2 fully saturated rings. The van der Waals surface area contributed by atoms with Gasteiger partial charge >= 0.3 is 0 Å². The molecule has 3 atom stereocenters. The second kappa shape index (κ2) is 5.52. The molecule has 0 aliphatic heterocycles. The van der Waals surface area contributed by atoms with Gasteiger partial charge in [0.25, 0.3) is 0 Å². The van der Waals surface area contributed by atoms with E-state index in [0.29, 0.717) is 6.04 Å². The molecule has 1 aromatic heterocycles. The monoisotopic (exact) mass is 283 g/mol. The molecular formula is C15H22ClNS. The molecule has 1 aromatic rings. The summed E-state index contributed by atoms with van der Waals surface area (Å²) < 4.78 is 0.926. The summed E-state index contributed by atoms with van der Waals surface area (Å²) in [5.41, 5.74) is 0. The normalized spacial score (nSPS) is 31.3. The van der Waals surface area contributed by atoms with E-state index in [1.165, 1.54) is 37.0 Å². The van der Waals surface area contributed by atoms with Gasteiger partial charge in [0.1, 0.15) is 0 Å². The number of hydrogen-bond acceptors (Lipinski definition) is 2. The standard InChI is InChI=1S/C15H22ClNS/c1-2-8-17-13(9-10-6-7-14(16)18-10)15-11-4-3-5-12(11)15/h6-7,11-13,15,17H,2-5,8-9H2,1H3. The minimum atomic E-state index is 0.690. The van der Waals surface area contributed by atoms with Gasteiger partial charge in [0.05, 0.1) is 4.34 Å². The van der Waals surface area contributed by atoms with Crippen molar-refractivity contribution in [3.63, 3.8) is 0 Å². The molecule has 0 amide bonds. The Hall–Kier alpha value is -0.0500. The summed E-state index contributed by atoms with van der Waals surface area (Å²) in [6.07, 6.45) is 6.83. The van der Waals surface area contributed by atoms with Gasteiger partial charge in [0.15, 0.2) is 0 Å². The van der Waals surface area contributed by atoms with Crippen LogP contribution in [0, 0.1) is 17.8 Å². The van der Waals surface area contributed by atoms with E-state index in [1.807, 2.05) is 6.07 Å². The highest BCUT2D eigenvalue weighted by atomic mass is 35.5. The minimum Gasteiger partial charge on any atom is -0.313 e. The van der Waals surface area contributed by atoms with Crippen molar-refractivity contribution >= 4 is 22.9 Å². The smallest absolute Gasteiger partial charge is 0.0931 e. The maximum absolute atomic E-state index is 6.04. The third-order valence-electron chi connectivity index (χ3n) is 4.64.